The summed E-state index contributed by atoms with van der Waals surface area (Å²) in [6.07, 6.45) is 1.14. The lowest BCUT2D eigenvalue weighted by Crippen LogP contribution is -2.27. The zero-order valence-corrected chi connectivity index (χ0v) is 12.2. The first-order valence-electron chi connectivity index (χ1n) is 6.04. The van der Waals surface area contributed by atoms with Gasteiger partial charge in [0.1, 0.15) is 6.54 Å². The van der Waals surface area contributed by atoms with E-state index in [1.807, 2.05) is 13.8 Å². The zero-order valence-electron chi connectivity index (χ0n) is 11.4. The lowest BCUT2D eigenvalue weighted by atomic mass is 10.3. The Labute approximate surface area is 123 Å². The molecule has 0 saturated heterocycles. The maximum Gasteiger partial charge on any atom is 0.337 e. The molecule has 0 radical (unpaired) electrons. The van der Waals surface area contributed by atoms with Gasteiger partial charge in [-0.25, -0.2) is 9.78 Å². The average molecular weight is 307 g/mol. The number of anilines is 1. The number of amides is 1. The number of nitrogens with one attached hydrogen (secondary N) is 1. The van der Waals surface area contributed by atoms with Crippen molar-refractivity contribution in [3.8, 4) is 0 Å². The summed E-state index contributed by atoms with van der Waals surface area (Å²) in [6.45, 7) is 3.46. The number of carboxylic acids is 1. The number of carbonyl (C=O) groups is 2. The van der Waals surface area contributed by atoms with E-state index in [1.165, 1.54) is 17.4 Å². The SMILES string of the molecule is Cc1nc(NC(=O)Cn2cc(C(=O)O)ccc2=O)sc1C. The van der Waals surface area contributed by atoms with Crippen LogP contribution in [0.3, 0.4) is 0 Å². The summed E-state index contributed by atoms with van der Waals surface area (Å²) in [5, 5.41) is 11.9. The fraction of sp³-hybridized carbons (Fsp3) is 0.231. The molecule has 0 bridgehead atoms. The highest BCUT2D eigenvalue weighted by Gasteiger charge is 2.11. The van der Waals surface area contributed by atoms with E-state index in [9.17, 15) is 14.4 Å². The Kier molecular flexibility index (Phi) is 4.18. The summed E-state index contributed by atoms with van der Waals surface area (Å²) in [5.41, 5.74) is 0.338. The molecule has 0 aromatic carbocycles. The molecule has 2 aromatic rings. The van der Waals surface area contributed by atoms with Gasteiger partial charge in [-0.2, -0.15) is 0 Å². The molecule has 0 unspecified atom stereocenters. The van der Waals surface area contributed by atoms with Gasteiger partial charge in [0.05, 0.1) is 11.3 Å². The summed E-state index contributed by atoms with van der Waals surface area (Å²) in [4.78, 5) is 39.5. The van der Waals surface area contributed by atoms with Gasteiger partial charge in [-0.05, 0) is 19.9 Å². The van der Waals surface area contributed by atoms with Gasteiger partial charge in [-0.1, -0.05) is 0 Å². The molecule has 2 N–H and O–H groups in total. The van der Waals surface area contributed by atoms with E-state index >= 15 is 0 Å². The Morgan fingerprint density at radius 3 is 2.67 bits per heavy atom. The molecule has 0 fully saturated rings. The highest BCUT2D eigenvalue weighted by atomic mass is 32.1. The second kappa shape index (κ2) is 5.88. The summed E-state index contributed by atoms with van der Waals surface area (Å²) in [7, 11) is 0. The Morgan fingerprint density at radius 1 is 1.38 bits per heavy atom. The molecule has 110 valence electrons. The highest BCUT2D eigenvalue weighted by molar-refractivity contribution is 7.15. The minimum atomic E-state index is -1.16. The number of rotatable bonds is 4. The molecule has 21 heavy (non-hydrogen) atoms. The summed E-state index contributed by atoms with van der Waals surface area (Å²) >= 11 is 1.34. The zero-order chi connectivity index (χ0) is 15.6. The van der Waals surface area contributed by atoms with Crippen molar-refractivity contribution in [2.75, 3.05) is 5.32 Å². The molecule has 7 nitrogen and oxygen atoms in total. The number of aryl methyl sites for hydroxylation is 2. The van der Waals surface area contributed by atoms with Gasteiger partial charge in [0.25, 0.3) is 5.56 Å². The van der Waals surface area contributed by atoms with Crippen LogP contribution >= 0.6 is 11.3 Å². The minimum Gasteiger partial charge on any atom is -0.478 e. The van der Waals surface area contributed by atoms with E-state index < -0.39 is 17.4 Å². The maximum absolute atomic E-state index is 11.9. The molecule has 0 atom stereocenters. The Balaban J connectivity index is 2.14. The predicted octanol–water partition coefficient (Wildman–Crippen LogP) is 1.26. The quantitative estimate of drug-likeness (QED) is 0.885. The van der Waals surface area contributed by atoms with E-state index in [0.717, 1.165) is 27.4 Å². The molecule has 8 heteroatoms. The lowest BCUT2D eigenvalue weighted by molar-refractivity contribution is -0.116. The third-order valence-corrected chi connectivity index (χ3v) is 3.81. The standard InChI is InChI=1S/C13H13N3O4S/c1-7-8(2)21-13(14-7)15-10(17)6-16-5-9(12(19)20)3-4-11(16)18/h3-5H,6H2,1-2H3,(H,19,20)(H,14,15,17). The van der Waals surface area contributed by atoms with Crippen molar-refractivity contribution in [1.82, 2.24) is 9.55 Å². The summed E-state index contributed by atoms with van der Waals surface area (Å²) < 4.78 is 1.05. The fourth-order valence-electron chi connectivity index (χ4n) is 1.62. The number of aromatic carboxylic acids is 1. The van der Waals surface area contributed by atoms with Gasteiger partial charge < -0.3 is 15.0 Å². The van der Waals surface area contributed by atoms with Crippen LogP contribution < -0.4 is 10.9 Å². The first-order valence-corrected chi connectivity index (χ1v) is 6.86. The van der Waals surface area contributed by atoms with Crippen LogP contribution in [0, 0.1) is 13.8 Å². The highest BCUT2D eigenvalue weighted by Crippen LogP contribution is 2.20. The summed E-state index contributed by atoms with van der Waals surface area (Å²) in [6, 6.07) is 2.32. The third kappa shape index (κ3) is 3.54. The molecule has 2 rings (SSSR count). The lowest BCUT2D eigenvalue weighted by Gasteiger charge is -2.06. The van der Waals surface area contributed by atoms with Crippen LogP contribution in [0.5, 0.6) is 0 Å². The van der Waals surface area contributed by atoms with Crippen molar-refractivity contribution in [3.05, 3.63) is 44.8 Å². The molecule has 0 aliphatic heterocycles. The molecule has 2 aromatic heterocycles. The molecule has 0 aliphatic rings. The van der Waals surface area contributed by atoms with Crippen LogP contribution in [0.2, 0.25) is 0 Å². The number of hydrogen-bond donors (Lipinski definition) is 2. The third-order valence-electron chi connectivity index (χ3n) is 2.82. The van der Waals surface area contributed by atoms with Gasteiger partial charge in [-0.3, -0.25) is 9.59 Å². The number of carbonyl (C=O) groups excluding carboxylic acids is 1. The maximum atomic E-state index is 11.9. The van der Waals surface area contributed by atoms with Gasteiger partial charge in [0.15, 0.2) is 5.13 Å². The number of thiazole rings is 1. The number of nitrogens with zero attached hydrogens (tertiary/aromatic N) is 2. The van der Waals surface area contributed by atoms with Crippen molar-refractivity contribution in [3.63, 3.8) is 0 Å². The Morgan fingerprint density at radius 2 is 2.10 bits per heavy atom. The van der Waals surface area contributed by atoms with E-state index in [1.54, 1.807) is 0 Å². The largest absolute Gasteiger partial charge is 0.478 e. The molecule has 0 saturated carbocycles. The number of pyridine rings is 1. The smallest absolute Gasteiger partial charge is 0.337 e. The van der Waals surface area contributed by atoms with Crippen LogP contribution in [-0.4, -0.2) is 26.5 Å². The molecule has 1 amide bonds. The van der Waals surface area contributed by atoms with E-state index in [4.69, 9.17) is 5.11 Å². The first kappa shape index (κ1) is 14.9. The van der Waals surface area contributed by atoms with Gasteiger partial charge in [0.2, 0.25) is 5.91 Å². The summed E-state index contributed by atoms with van der Waals surface area (Å²) in [5.74, 6) is -1.59. The normalized spacial score (nSPS) is 10.4. The number of carboxylic acid groups (broad SMARTS) is 1. The van der Waals surface area contributed by atoms with E-state index in [2.05, 4.69) is 10.3 Å². The molecule has 2 heterocycles. The van der Waals surface area contributed by atoms with Crippen LogP contribution in [0.15, 0.2) is 23.1 Å². The van der Waals surface area contributed by atoms with Crippen LogP contribution in [0.4, 0.5) is 5.13 Å². The van der Waals surface area contributed by atoms with Gasteiger partial charge in [0, 0.05) is 17.1 Å². The van der Waals surface area contributed by atoms with Crippen LogP contribution in [0.25, 0.3) is 0 Å². The van der Waals surface area contributed by atoms with Crippen molar-refractivity contribution >= 4 is 28.3 Å². The monoisotopic (exact) mass is 307 g/mol. The number of hydrogen-bond acceptors (Lipinski definition) is 5. The minimum absolute atomic E-state index is 0.0525. The van der Waals surface area contributed by atoms with Crippen molar-refractivity contribution in [1.29, 1.82) is 0 Å². The second-order valence-corrected chi connectivity index (χ2v) is 5.60. The van der Waals surface area contributed by atoms with Crippen molar-refractivity contribution in [2.24, 2.45) is 0 Å². The Bertz CT molecular complexity index is 744. The van der Waals surface area contributed by atoms with Gasteiger partial charge in [-0.15, -0.1) is 11.3 Å². The van der Waals surface area contributed by atoms with Crippen LogP contribution in [-0.2, 0) is 11.3 Å². The Hall–Kier alpha value is -2.48. The van der Waals surface area contributed by atoms with E-state index in [0.29, 0.717) is 5.13 Å². The molecular weight excluding hydrogens is 294 g/mol. The topological polar surface area (TPSA) is 101 Å². The van der Waals surface area contributed by atoms with Crippen molar-refractivity contribution < 1.29 is 14.7 Å². The molecular formula is C13H13N3O4S. The first-order chi connectivity index (χ1) is 9.86. The fourth-order valence-corrected chi connectivity index (χ4v) is 2.45. The van der Waals surface area contributed by atoms with Crippen LogP contribution in [0.1, 0.15) is 20.9 Å². The second-order valence-electron chi connectivity index (χ2n) is 4.40. The van der Waals surface area contributed by atoms with Gasteiger partial charge >= 0.3 is 5.97 Å². The molecule has 0 spiro atoms. The molecule has 0 aliphatic carbocycles. The van der Waals surface area contributed by atoms with Crippen molar-refractivity contribution in [2.45, 2.75) is 20.4 Å². The van der Waals surface area contributed by atoms with E-state index in [-0.39, 0.29) is 12.1 Å². The average Bonchev–Trinajstić information content (AvgIpc) is 2.70. The predicted molar refractivity (Wildman–Crippen MR) is 77.9 cm³/mol. The number of aromatic nitrogens is 2.